The Morgan fingerprint density at radius 1 is 0.333 bits per heavy atom. The van der Waals surface area contributed by atoms with Crippen LogP contribution in [0.3, 0.4) is 0 Å². The summed E-state index contributed by atoms with van der Waals surface area (Å²) in [6, 6.07) is 13.9. The van der Waals surface area contributed by atoms with Gasteiger partial charge in [-0.05, 0) is 71.9 Å². The largest absolute Gasteiger partial charge is 0.0613 e. The first-order valence-electron chi connectivity index (χ1n) is 9.83. The van der Waals surface area contributed by atoms with Gasteiger partial charge >= 0.3 is 0 Å². The molecular formula is C24H36. The summed E-state index contributed by atoms with van der Waals surface area (Å²) in [5.74, 6) is 0. The molecule has 0 atom stereocenters. The molecule has 0 aliphatic rings. The van der Waals surface area contributed by atoms with Crippen LogP contribution in [0.15, 0.2) is 36.4 Å². The molecule has 2 rings (SSSR count). The smallest absolute Gasteiger partial charge is 0.0307 e. The molecule has 2 aromatic rings. The third kappa shape index (κ3) is 6.51. The van der Waals surface area contributed by atoms with Crippen LogP contribution in [0.1, 0.15) is 74.9 Å². The van der Waals surface area contributed by atoms with Gasteiger partial charge in [0, 0.05) is 0 Å². The van der Waals surface area contributed by atoms with E-state index in [0.717, 1.165) is 38.5 Å². The first-order valence-corrected chi connectivity index (χ1v) is 9.83. The fraction of sp³-hybridized carbons (Fsp3) is 0.500. The Morgan fingerprint density at radius 3 is 0.542 bits per heavy atom. The Morgan fingerprint density at radius 2 is 0.458 bits per heavy atom. The van der Waals surface area contributed by atoms with Crippen LogP contribution in [-0.4, -0.2) is 0 Å². The van der Waals surface area contributed by atoms with Crippen LogP contribution in [0, 0.1) is 0 Å². The molecule has 24 heavy (non-hydrogen) atoms. The number of benzene rings is 2. The molecule has 0 bridgehead atoms. The van der Waals surface area contributed by atoms with Crippen molar-refractivity contribution in [3.63, 3.8) is 0 Å². The fourth-order valence-electron chi connectivity index (χ4n) is 2.90. The van der Waals surface area contributed by atoms with Crippen molar-refractivity contribution >= 4 is 0 Å². The summed E-state index contributed by atoms with van der Waals surface area (Å²) in [7, 11) is 0. The van der Waals surface area contributed by atoms with Gasteiger partial charge in [-0.15, -0.1) is 0 Å². The van der Waals surface area contributed by atoms with Crippen LogP contribution in [0.2, 0.25) is 0 Å². The molecule has 0 amide bonds. The lowest BCUT2D eigenvalue weighted by molar-refractivity contribution is 1.04. The van der Waals surface area contributed by atoms with E-state index in [4.69, 9.17) is 0 Å². The van der Waals surface area contributed by atoms with Crippen LogP contribution >= 0.6 is 0 Å². The summed E-state index contributed by atoms with van der Waals surface area (Å²) in [5, 5.41) is 0. The highest BCUT2D eigenvalue weighted by molar-refractivity contribution is 5.31. The number of aryl methyl sites for hydroxylation is 6. The molecule has 0 aliphatic carbocycles. The average molecular weight is 325 g/mol. The molecule has 0 radical (unpaired) electrons. The lowest BCUT2D eigenvalue weighted by Crippen LogP contribution is -1.90. The molecule has 0 heterocycles. The van der Waals surface area contributed by atoms with Gasteiger partial charge in [-0.1, -0.05) is 77.9 Å². The summed E-state index contributed by atoms with van der Waals surface area (Å²) in [5.41, 5.74) is 8.87. The molecule has 0 saturated heterocycles. The van der Waals surface area contributed by atoms with Gasteiger partial charge in [-0.25, -0.2) is 0 Å². The van der Waals surface area contributed by atoms with E-state index in [1.54, 1.807) is 0 Å². The summed E-state index contributed by atoms with van der Waals surface area (Å²) in [6.45, 7) is 13.3. The van der Waals surface area contributed by atoms with Crippen LogP contribution in [-0.2, 0) is 38.5 Å². The summed E-state index contributed by atoms with van der Waals surface area (Å²) in [6.07, 6.45) is 6.92. The number of rotatable bonds is 6. The van der Waals surface area contributed by atoms with Gasteiger partial charge in [-0.3, -0.25) is 0 Å². The zero-order valence-corrected chi connectivity index (χ0v) is 16.7. The van der Waals surface area contributed by atoms with Gasteiger partial charge in [0.05, 0.1) is 0 Å². The predicted molar refractivity (Wildman–Crippen MR) is 109 cm³/mol. The second-order valence-electron chi connectivity index (χ2n) is 6.44. The molecule has 0 spiro atoms. The second kappa shape index (κ2) is 11.1. The average Bonchev–Trinajstić information content (AvgIpc) is 2.67. The quantitative estimate of drug-likeness (QED) is 0.551. The highest BCUT2D eigenvalue weighted by Gasteiger charge is 1.97. The third-order valence-corrected chi connectivity index (χ3v) is 4.67. The van der Waals surface area contributed by atoms with E-state index < -0.39 is 0 Å². The molecule has 0 aromatic heterocycles. The monoisotopic (exact) mass is 324 g/mol. The summed E-state index contributed by atoms with van der Waals surface area (Å²) in [4.78, 5) is 0. The zero-order chi connectivity index (χ0) is 17.9. The van der Waals surface area contributed by atoms with Gasteiger partial charge in [0.25, 0.3) is 0 Å². The zero-order valence-electron chi connectivity index (χ0n) is 16.7. The molecule has 0 saturated carbocycles. The van der Waals surface area contributed by atoms with Crippen LogP contribution < -0.4 is 0 Å². The van der Waals surface area contributed by atoms with Gasteiger partial charge in [0.2, 0.25) is 0 Å². The Bertz CT molecular complexity index is 441. The minimum Gasteiger partial charge on any atom is -0.0613 e. The molecule has 0 fully saturated rings. The topological polar surface area (TPSA) is 0 Å². The van der Waals surface area contributed by atoms with Crippen molar-refractivity contribution in [3.05, 3.63) is 69.8 Å². The van der Waals surface area contributed by atoms with E-state index in [1.807, 2.05) is 0 Å². The molecule has 0 aliphatic heterocycles. The van der Waals surface area contributed by atoms with Gasteiger partial charge in [0.15, 0.2) is 0 Å². The van der Waals surface area contributed by atoms with Crippen molar-refractivity contribution in [1.82, 2.24) is 0 Å². The highest BCUT2D eigenvalue weighted by atomic mass is 14.0. The van der Waals surface area contributed by atoms with E-state index in [9.17, 15) is 0 Å². The fourth-order valence-corrected chi connectivity index (χ4v) is 2.90. The van der Waals surface area contributed by atoms with E-state index in [0.29, 0.717) is 0 Å². The minimum absolute atomic E-state index is 1.15. The molecule has 0 nitrogen and oxygen atoms in total. The lowest BCUT2D eigenvalue weighted by atomic mass is 10.0. The molecule has 0 N–H and O–H groups in total. The summed E-state index contributed by atoms with van der Waals surface area (Å²) < 4.78 is 0. The van der Waals surface area contributed by atoms with Crippen molar-refractivity contribution < 1.29 is 0 Å². The van der Waals surface area contributed by atoms with Gasteiger partial charge in [0.1, 0.15) is 0 Å². The van der Waals surface area contributed by atoms with Crippen LogP contribution in [0.4, 0.5) is 0 Å². The van der Waals surface area contributed by atoms with Gasteiger partial charge < -0.3 is 0 Å². The van der Waals surface area contributed by atoms with E-state index in [-0.39, 0.29) is 0 Å². The molecule has 132 valence electrons. The normalized spacial score (nSPS) is 10.2. The predicted octanol–water partition coefficient (Wildman–Crippen LogP) is 6.75. The second-order valence-corrected chi connectivity index (χ2v) is 6.44. The van der Waals surface area contributed by atoms with E-state index >= 15 is 0 Å². The molecule has 0 heteroatoms. The maximum atomic E-state index is 2.32. The molecule has 2 aromatic carbocycles. The standard InChI is InChI=1S/2C12H18/c2*1-4-10-7-11(5-2)9-12(6-3)8-10/h2*7-9H,4-6H2,1-3H3. The lowest BCUT2D eigenvalue weighted by Gasteiger charge is -2.05. The van der Waals surface area contributed by atoms with E-state index in [1.165, 1.54) is 33.4 Å². The first kappa shape index (κ1) is 20.5. The van der Waals surface area contributed by atoms with E-state index in [2.05, 4.69) is 77.9 Å². The van der Waals surface area contributed by atoms with Crippen molar-refractivity contribution in [2.45, 2.75) is 80.1 Å². The Hall–Kier alpha value is -1.56. The molecule has 0 unspecified atom stereocenters. The van der Waals surface area contributed by atoms with Crippen LogP contribution in [0.5, 0.6) is 0 Å². The maximum Gasteiger partial charge on any atom is -0.0307 e. The van der Waals surface area contributed by atoms with Crippen molar-refractivity contribution in [2.24, 2.45) is 0 Å². The number of hydrogen-bond acceptors (Lipinski definition) is 0. The Labute approximate surface area is 150 Å². The van der Waals surface area contributed by atoms with Gasteiger partial charge in [-0.2, -0.15) is 0 Å². The SMILES string of the molecule is CCc1cc(CC)cc(CC)c1.CCc1cc(CC)cc(CC)c1. The minimum atomic E-state index is 1.15. The Kier molecular flexibility index (Phi) is 9.45. The van der Waals surface area contributed by atoms with Crippen LogP contribution in [0.25, 0.3) is 0 Å². The Balaban J connectivity index is 0.000000240. The third-order valence-electron chi connectivity index (χ3n) is 4.67. The molecular weight excluding hydrogens is 288 g/mol. The highest BCUT2D eigenvalue weighted by Crippen LogP contribution is 2.13. The van der Waals surface area contributed by atoms with Crippen molar-refractivity contribution in [2.75, 3.05) is 0 Å². The first-order chi connectivity index (χ1) is 11.6. The number of hydrogen-bond donors (Lipinski definition) is 0. The summed E-state index contributed by atoms with van der Waals surface area (Å²) >= 11 is 0. The maximum absolute atomic E-state index is 2.32. The van der Waals surface area contributed by atoms with Crippen molar-refractivity contribution in [3.8, 4) is 0 Å². The van der Waals surface area contributed by atoms with Crippen molar-refractivity contribution in [1.29, 1.82) is 0 Å².